The zero-order valence-electron chi connectivity index (χ0n) is 16.4. The fourth-order valence-electron chi connectivity index (χ4n) is 4.01. The molecule has 3 nitrogen and oxygen atoms in total. The van der Waals surface area contributed by atoms with Gasteiger partial charge in [-0.1, -0.05) is 31.9 Å². The van der Waals surface area contributed by atoms with E-state index in [-0.39, 0.29) is 5.91 Å². The molecule has 1 unspecified atom stereocenters. The molecule has 1 heterocycles. The minimum absolute atomic E-state index is 0.109. The summed E-state index contributed by atoms with van der Waals surface area (Å²) in [5.74, 6) is 1.27. The molecule has 0 aromatic carbocycles. The van der Waals surface area contributed by atoms with Gasteiger partial charge in [0.05, 0.1) is 0 Å². The van der Waals surface area contributed by atoms with E-state index in [1.165, 1.54) is 24.8 Å². The monoisotopic (exact) mass is 350 g/mol. The Morgan fingerprint density at radius 2 is 1.92 bits per heavy atom. The van der Waals surface area contributed by atoms with Gasteiger partial charge in [0.1, 0.15) is 6.17 Å². The summed E-state index contributed by atoms with van der Waals surface area (Å²) in [6.07, 6.45) is 7.08. The number of nitrogens with one attached hydrogen (secondary N) is 1. The predicted molar refractivity (Wildman–Crippen MR) is 102 cm³/mol. The largest absolute Gasteiger partial charge is 0.339 e. The van der Waals surface area contributed by atoms with Crippen molar-refractivity contribution < 1.29 is 9.18 Å². The Morgan fingerprint density at radius 3 is 2.40 bits per heavy atom. The minimum atomic E-state index is -0.744. The number of piperidine rings is 1. The average Bonchev–Trinajstić information content (AvgIpc) is 2.54. The Labute approximate surface area is 152 Å². The van der Waals surface area contributed by atoms with Gasteiger partial charge in [0, 0.05) is 25.2 Å². The van der Waals surface area contributed by atoms with Gasteiger partial charge in [0.2, 0.25) is 5.91 Å². The molecule has 0 bridgehead atoms. The number of alkyl halides is 1. The maximum Gasteiger partial charge on any atom is 0.250 e. The van der Waals surface area contributed by atoms with Crippen LogP contribution in [0.5, 0.6) is 0 Å². The number of halogens is 1. The van der Waals surface area contributed by atoms with E-state index in [1.54, 1.807) is 0 Å². The number of likely N-dealkylation sites (tertiary alicyclic amines) is 1. The number of rotatable bonds is 7. The smallest absolute Gasteiger partial charge is 0.250 e. The summed E-state index contributed by atoms with van der Waals surface area (Å²) in [6.45, 7) is 8.45. The molecule has 0 aromatic rings. The highest BCUT2D eigenvalue weighted by atomic mass is 19.1. The molecule has 0 radical (unpaired) electrons. The van der Waals surface area contributed by atoms with Crippen LogP contribution in [0.3, 0.4) is 0 Å². The molecule has 142 valence electrons. The van der Waals surface area contributed by atoms with Crippen LogP contribution in [0.25, 0.3) is 0 Å². The van der Waals surface area contributed by atoms with E-state index in [1.807, 2.05) is 18.9 Å². The van der Waals surface area contributed by atoms with Crippen molar-refractivity contribution in [2.24, 2.45) is 11.8 Å². The minimum Gasteiger partial charge on any atom is -0.339 e. The van der Waals surface area contributed by atoms with Crippen LogP contribution >= 0.6 is 0 Å². The van der Waals surface area contributed by atoms with Crippen molar-refractivity contribution in [1.29, 1.82) is 0 Å². The summed E-state index contributed by atoms with van der Waals surface area (Å²) in [6, 6.07) is 0. The fourth-order valence-corrected chi connectivity index (χ4v) is 4.01. The van der Waals surface area contributed by atoms with Gasteiger partial charge in [-0.05, 0) is 63.5 Å². The lowest BCUT2D eigenvalue weighted by molar-refractivity contribution is -0.128. The first-order valence-electron chi connectivity index (χ1n) is 9.97. The van der Waals surface area contributed by atoms with Crippen molar-refractivity contribution in [3.8, 4) is 0 Å². The molecule has 25 heavy (non-hydrogen) atoms. The Balaban J connectivity index is 2.20. The van der Waals surface area contributed by atoms with Gasteiger partial charge in [-0.25, -0.2) is 4.39 Å². The third kappa shape index (κ3) is 5.16. The van der Waals surface area contributed by atoms with Crippen molar-refractivity contribution in [2.45, 2.75) is 65.5 Å². The van der Waals surface area contributed by atoms with E-state index < -0.39 is 6.17 Å². The number of carbonyl (C=O) groups excluding carboxylic acids is 1. The first kappa shape index (κ1) is 20.2. The lowest BCUT2D eigenvalue weighted by Crippen LogP contribution is -2.40. The van der Waals surface area contributed by atoms with E-state index in [0.29, 0.717) is 37.8 Å². The van der Waals surface area contributed by atoms with Gasteiger partial charge in [-0.2, -0.15) is 0 Å². The summed E-state index contributed by atoms with van der Waals surface area (Å²) in [5, 5.41) is 3.28. The third-order valence-electron chi connectivity index (χ3n) is 5.84. The van der Waals surface area contributed by atoms with Gasteiger partial charge in [-0.15, -0.1) is 0 Å². The molecular weight excluding hydrogens is 315 g/mol. The highest BCUT2D eigenvalue weighted by Crippen LogP contribution is 2.37. The first-order chi connectivity index (χ1) is 12.0. The summed E-state index contributed by atoms with van der Waals surface area (Å²) < 4.78 is 13.4. The van der Waals surface area contributed by atoms with E-state index in [9.17, 15) is 9.18 Å². The lowest BCUT2D eigenvalue weighted by Gasteiger charge is -2.33. The number of carbonyl (C=O) groups is 1. The zero-order chi connectivity index (χ0) is 18.4. The first-order valence-corrected chi connectivity index (χ1v) is 9.97. The van der Waals surface area contributed by atoms with Crippen LogP contribution in [-0.4, -0.2) is 43.7 Å². The van der Waals surface area contributed by atoms with Crippen molar-refractivity contribution in [3.63, 3.8) is 0 Å². The highest BCUT2D eigenvalue weighted by Gasteiger charge is 2.27. The van der Waals surface area contributed by atoms with E-state index >= 15 is 0 Å². The summed E-state index contributed by atoms with van der Waals surface area (Å²) >= 11 is 0. The van der Waals surface area contributed by atoms with Gasteiger partial charge < -0.3 is 10.2 Å². The molecule has 1 aliphatic carbocycles. The Bertz CT molecular complexity index is 514. The Kier molecular flexibility index (Phi) is 7.67. The Hall–Kier alpha value is -1.16. The fraction of sp³-hybridized carbons (Fsp3) is 0.762. The molecule has 0 aromatic heterocycles. The predicted octanol–water partition coefficient (Wildman–Crippen LogP) is 4.26. The molecule has 1 saturated carbocycles. The van der Waals surface area contributed by atoms with Crippen molar-refractivity contribution in [3.05, 3.63) is 22.8 Å². The van der Waals surface area contributed by atoms with Gasteiger partial charge >= 0.3 is 0 Å². The van der Waals surface area contributed by atoms with Crippen LogP contribution in [0, 0.1) is 11.8 Å². The van der Waals surface area contributed by atoms with Gasteiger partial charge in [-0.3, -0.25) is 4.79 Å². The average molecular weight is 351 g/mol. The second-order valence-electron chi connectivity index (χ2n) is 7.71. The quantitative estimate of drug-likeness (QED) is 0.550. The molecule has 1 saturated heterocycles. The van der Waals surface area contributed by atoms with Crippen molar-refractivity contribution in [2.75, 3.05) is 26.7 Å². The van der Waals surface area contributed by atoms with Crippen molar-refractivity contribution in [1.82, 2.24) is 10.2 Å². The van der Waals surface area contributed by atoms with Crippen LogP contribution in [0.15, 0.2) is 22.8 Å². The highest BCUT2D eigenvalue weighted by molar-refractivity contribution is 5.94. The second-order valence-corrected chi connectivity index (χ2v) is 7.71. The maximum absolute atomic E-state index is 13.4. The van der Waals surface area contributed by atoms with Crippen LogP contribution < -0.4 is 5.32 Å². The van der Waals surface area contributed by atoms with Crippen LogP contribution in [0.4, 0.5) is 4.39 Å². The molecule has 1 N–H and O–H groups in total. The Morgan fingerprint density at radius 1 is 1.28 bits per heavy atom. The summed E-state index contributed by atoms with van der Waals surface area (Å²) in [5.41, 5.74) is 3.48. The standard InChI is InChI=1S/C21H35FN2O/c1-5-19(21(25)24-11-9-18(22)10-12-24)15(2)13-20(16(3)14-23-4)17-7-6-8-17/h13,16-18,23H,5-12,14H2,1-4H3/b19-15+,20-13+. The zero-order valence-corrected chi connectivity index (χ0v) is 16.4. The summed E-state index contributed by atoms with van der Waals surface area (Å²) in [4.78, 5) is 14.8. The van der Waals surface area contributed by atoms with Crippen molar-refractivity contribution >= 4 is 5.91 Å². The molecule has 0 spiro atoms. The van der Waals surface area contributed by atoms with Crippen LogP contribution in [0.2, 0.25) is 0 Å². The molecule has 1 amide bonds. The number of hydrogen-bond donors (Lipinski definition) is 1. The van der Waals surface area contributed by atoms with E-state index in [0.717, 1.165) is 24.1 Å². The third-order valence-corrected chi connectivity index (χ3v) is 5.84. The maximum atomic E-state index is 13.4. The van der Waals surface area contributed by atoms with Crippen LogP contribution in [-0.2, 0) is 4.79 Å². The normalized spacial score (nSPS) is 22.4. The lowest BCUT2D eigenvalue weighted by atomic mass is 9.74. The molecule has 1 aliphatic heterocycles. The molecule has 2 aliphatic rings. The number of amides is 1. The molecular formula is C21H35FN2O. The topological polar surface area (TPSA) is 32.3 Å². The van der Waals surface area contributed by atoms with Gasteiger partial charge in [0.25, 0.3) is 0 Å². The van der Waals surface area contributed by atoms with Gasteiger partial charge in [0.15, 0.2) is 0 Å². The number of hydrogen-bond acceptors (Lipinski definition) is 2. The number of allylic oxidation sites excluding steroid dienone is 2. The van der Waals surface area contributed by atoms with Crippen LogP contribution in [0.1, 0.15) is 59.3 Å². The molecule has 2 fully saturated rings. The number of nitrogens with zero attached hydrogens (tertiary/aromatic N) is 1. The molecule has 2 rings (SSSR count). The molecule has 4 heteroatoms. The van der Waals surface area contributed by atoms with E-state index in [2.05, 4.69) is 25.2 Å². The second kappa shape index (κ2) is 9.51. The molecule has 1 atom stereocenters. The SMILES string of the molecule is CC/C(C(=O)N1CCC(F)CC1)=C(C)\C=C(/C(C)CNC)C1CCC1. The summed E-state index contributed by atoms with van der Waals surface area (Å²) in [7, 11) is 1.99. The van der Waals surface area contributed by atoms with E-state index in [4.69, 9.17) is 0 Å².